The first-order valence-electron chi connectivity index (χ1n) is 17.5. The number of nitrogens with zero attached hydrogens (tertiary/aromatic N) is 2. The number of aromatic nitrogens is 2. The predicted octanol–water partition coefficient (Wildman–Crippen LogP) is 2.78. The van der Waals surface area contributed by atoms with E-state index in [1.807, 2.05) is 0 Å². The van der Waals surface area contributed by atoms with Gasteiger partial charge in [0, 0.05) is 11.3 Å². The van der Waals surface area contributed by atoms with Crippen molar-refractivity contribution in [1.29, 1.82) is 0 Å². The van der Waals surface area contributed by atoms with Gasteiger partial charge in [-0.15, -0.1) is 16.4 Å². The van der Waals surface area contributed by atoms with E-state index in [0.29, 0.717) is 0 Å². The molecule has 0 unspecified atom stereocenters. The van der Waals surface area contributed by atoms with E-state index >= 15 is 0 Å². The quantitative estimate of drug-likeness (QED) is 0.216. The van der Waals surface area contributed by atoms with Crippen molar-refractivity contribution in [3.05, 3.63) is 140 Å². The normalized spacial score (nSPS) is 11.6. The van der Waals surface area contributed by atoms with Gasteiger partial charge in [-0.25, -0.2) is 4.98 Å². The predicted molar refractivity (Wildman–Crippen MR) is 231 cm³/mol. The average Bonchev–Trinajstić information content (AvgIpc) is 3.54. The average molecular weight is 632 g/mol. The summed E-state index contributed by atoms with van der Waals surface area (Å²) in [6.45, 7) is 0. The second kappa shape index (κ2) is 11.7. The Labute approximate surface area is 297 Å². The van der Waals surface area contributed by atoms with Crippen LogP contribution in [0.1, 0.15) is 0 Å². The van der Waals surface area contributed by atoms with Crippen molar-refractivity contribution in [2.45, 2.75) is 0 Å². The molecule has 9 rings (SSSR count). The molecule has 0 atom stereocenters. The molecule has 0 amide bonds. The van der Waals surface area contributed by atoms with Gasteiger partial charge < -0.3 is 0 Å². The van der Waals surface area contributed by atoms with Gasteiger partial charge in [-0.1, -0.05) is 120 Å². The molecular weight excluding hydrogens is 599 g/mol. The van der Waals surface area contributed by atoms with E-state index in [1.54, 1.807) is 0 Å². The molecule has 230 valence electrons. The minimum atomic E-state index is 0.992. The fraction of sp³-hybridized carbons (Fsp3) is 0. The van der Waals surface area contributed by atoms with Crippen LogP contribution >= 0.6 is 0 Å². The Bertz CT molecular complexity index is 2750. The van der Waals surface area contributed by atoms with E-state index in [2.05, 4.69) is 183 Å². The van der Waals surface area contributed by atoms with Crippen LogP contribution in [0.25, 0.3) is 82.7 Å². The number of hydrogen-bond donors (Lipinski definition) is 0. The molecule has 0 N–H and O–H groups in total. The lowest BCUT2D eigenvalue weighted by atomic mass is 9.60. The van der Waals surface area contributed by atoms with Crippen LogP contribution in [0.15, 0.2) is 140 Å². The van der Waals surface area contributed by atoms with Gasteiger partial charge in [-0.05, 0) is 84.9 Å². The fourth-order valence-corrected chi connectivity index (χ4v) is 8.19. The number of benzene rings is 8. The molecule has 8 aromatic carbocycles. The molecule has 0 aliphatic heterocycles. The van der Waals surface area contributed by atoms with Crippen molar-refractivity contribution in [3.8, 4) is 39.3 Å². The van der Waals surface area contributed by atoms with Gasteiger partial charge in [-0.2, -0.15) is 0 Å². The summed E-state index contributed by atoms with van der Waals surface area (Å²) in [6.07, 6.45) is 0. The molecule has 0 aliphatic rings. The zero-order valence-corrected chi connectivity index (χ0v) is 29.2. The minimum absolute atomic E-state index is 0.992. The topological polar surface area (TPSA) is 17.8 Å². The van der Waals surface area contributed by atoms with Crippen molar-refractivity contribution in [1.82, 2.24) is 9.55 Å². The summed E-state index contributed by atoms with van der Waals surface area (Å²) in [5.41, 5.74) is 16.0. The van der Waals surface area contributed by atoms with Crippen LogP contribution in [0.5, 0.6) is 0 Å². The second-order valence-electron chi connectivity index (χ2n) is 13.7. The molecule has 0 saturated carbocycles. The lowest BCUT2D eigenvalue weighted by molar-refractivity contribution is 1.11. The van der Waals surface area contributed by atoms with Gasteiger partial charge in [0.1, 0.15) is 45.1 Å². The minimum Gasteiger partial charge on any atom is -0.292 e. The van der Waals surface area contributed by atoms with E-state index in [4.69, 9.17) is 4.98 Å². The highest BCUT2D eigenvalue weighted by Gasteiger charge is 2.22. The third kappa shape index (κ3) is 4.60. The largest absolute Gasteiger partial charge is 0.292 e. The van der Waals surface area contributed by atoms with Gasteiger partial charge in [0.25, 0.3) is 0 Å². The van der Waals surface area contributed by atoms with E-state index in [0.717, 1.165) is 22.5 Å². The maximum atomic E-state index is 5.32. The Morgan fingerprint density at radius 2 is 0.920 bits per heavy atom. The van der Waals surface area contributed by atoms with E-state index in [-0.39, 0.29) is 0 Å². The zero-order chi connectivity index (χ0) is 34.1. The molecule has 0 radical (unpaired) electrons. The van der Waals surface area contributed by atoms with Crippen LogP contribution in [0.2, 0.25) is 0 Å². The molecule has 0 saturated heterocycles. The third-order valence-corrected chi connectivity index (χ3v) is 11.1. The van der Waals surface area contributed by atoms with Crippen LogP contribution in [0.3, 0.4) is 0 Å². The van der Waals surface area contributed by atoms with Crippen molar-refractivity contribution in [2.75, 3.05) is 0 Å². The van der Waals surface area contributed by atoms with Crippen molar-refractivity contribution in [2.24, 2.45) is 0 Å². The molecule has 1 aromatic heterocycles. The van der Waals surface area contributed by atoms with E-state index in [1.165, 1.54) is 87.4 Å². The molecule has 0 aliphatic carbocycles. The molecule has 7 heteroatoms. The third-order valence-electron chi connectivity index (χ3n) is 11.1. The summed E-state index contributed by atoms with van der Waals surface area (Å²) in [6, 6.07) is 50.9. The maximum absolute atomic E-state index is 5.32. The standard InChI is InChI=1S/C43H33B5N2/c44-38-37(39(45)41(47)42(48)40(38)46)43-49-33-18-7-8-19-34(33)50(43)28-13-9-12-26(23-28)35-29-14-3-5-16-31(29)36(32-17-6-4-15-30(32)35)27-21-20-24-10-1-2-11-25(24)22-27/h1-23H,44-48H2. The smallest absolute Gasteiger partial charge is 0.144 e. The molecule has 50 heavy (non-hydrogen) atoms. The lowest BCUT2D eigenvalue weighted by Gasteiger charge is -2.21. The fourth-order valence-electron chi connectivity index (χ4n) is 8.19. The van der Waals surface area contributed by atoms with Crippen LogP contribution in [0.4, 0.5) is 0 Å². The van der Waals surface area contributed by atoms with Gasteiger partial charge in [0.15, 0.2) is 0 Å². The summed E-state index contributed by atoms with van der Waals surface area (Å²) in [4.78, 5) is 5.32. The van der Waals surface area contributed by atoms with Crippen LogP contribution < -0.4 is 27.3 Å². The van der Waals surface area contributed by atoms with Crippen molar-refractivity contribution in [3.63, 3.8) is 0 Å². The second-order valence-corrected chi connectivity index (χ2v) is 13.7. The Hall–Kier alpha value is -5.67. The SMILES string of the molecule is Bc1c(B)c(B)c(-c2nc3ccccc3n2-c2cccc(-c3c4ccccc4c(-c4ccc5ccccc5c4)c4ccccc34)c2)c(B)c1B. The number of hydrogen-bond acceptors (Lipinski definition) is 1. The Balaban J connectivity index is 1.32. The first-order valence-corrected chi connectivity index (χ1v) is 17.5. The van der Waals surface area contributed by atoms with E-state index < -0.39 is 0 Å². The number of fused-ring (bicyclic) bond motifs is 4. The molecule has 0 fully saturated rings. The van der Waals surface area contributed by atoms with Crippen LogP contribution in [-0.4, -0.2) is 48.8 Å². The first-order chi connectivity index (χ1) is 24.4. The summed E-state index contributed by atoms with van der Waals surface area (Å²) in [7, 11) is 11.2. The lowest BCUT2D eigenvalue weighted by Crippen LogP contribution is -2.55. The number of rotatable bonds is 4. The highest BCUT2D eigenvalue weighted by molar-refractivity contribution is 6.68. The summed E-state index contributed by atoms with van der Waals surface area (Å²) in [5, 5.41) is 7.52. The van der Waals surface area contributed by atoms with Crippen LogP contribution in [0, 0.1) is 0 Å². The molecular formula is C43H33B5N2. The summed E-state index contributed by atoms with van der Waals surface area (Å²) >= 11 is 0. The van der Waals surface area contributed by atoms with E-state index in [9.17, 15) is 0 Å². The van der Waals surface area contributed by atoms with Gasteiger partial charge >= 0.3 is 0 Å². The highest BCUT2D eigenvalue weighted by atomic mass is 15.1. The van der Waals surface area contributed by atoms with Crippen LogP contribution in [-0.2, 0) is 0 Å². The van der Waals surface area contributed by atoms with Gasteiger partial charge in [-0.3, -0.25) is 4.57 Å². The van der Waals surface area contributed by atoms with Gasteiger partial charge in [0.2, 0.25) is 0 Å². The molecule has 0 spiro atoms. The Morgan fingerprint density at radius 1 is 0.400 bits per heavy atom. The Kier molecular flexibility index (Phi) is 7.14. The summed E-state index contributed by atoms with van der Waals surface area (Å²) < 4.78 is 2.37. The maximum Gasteiger partial charge on any atom is 0.144 e. The zero-order valence-electron chi connectivity index (χ0n) is 29.2. The number of para-hydroxylation sites is 2. The summed E-state index contributed by atoms with van der Waals surface area (Å²) in [5.74, 6) is 0.992. The van der Waals surface area contributed by atoms with Crippen molar-refractivity contribution < 1.29 is 0 Å². The Morgan fingerprint density at radius 3 is 1.56 bits per heavy atom. The van der Waals surface area contributed by atoms with Crippen molar-refractivity contribution >= 4 is 110 Å². The first kappa shape index (κ1) is 30.4. The number of imidazole rings is 1. The molecule has 0 bridgehead atoms. The molecule has 9 aromatic rings. The van der Waals surface area contributed by atoms with Gasteiger partial charge in [0.05, 0.1) is 11.0 Å². The highest BCUT2D eigenvalue weighted by Crippen LogP contribution is 2.44. The monoisotopic (exact) mass is 632 g/mol. The molecule has 2 nitrogen and oxygen atoms in total. The molecule has 1 heterocycles.